The molecule has 0 unspecified atom stereocenters. The van der Waals surface area contributed by atoms with Crippen molar-refractivity contribution < 1.29 is 14.3 Å². The molecule has 1 rings (SSSR count). The highest BCUT2D eigenvalue weighted by molar-refractivity contribution is 7.15. The summed E-state index contributed by atoms with van der Waals surface area (Å²) in [7, 11) is 1.33. The largest absolute Gasteiger partial charge is 0.465 e. The lowest BCUT2D eigenvalue weighted by Gasteiger charge is -2.01. The maximum absolute atomic E-state index is 11.7. The summed E-state index contributed by atoms with van der Waals surface area (Å²) in [6.07, 6.45) is 3.22. The number of hydrogen-bond acceptors (Lipinski definition) is 4. The lowest BCUT2D eigenvalue weighted by atomic mass is 10.2. The van der Waals surface area contributed by atoms with Gasteiger partial charge in [0.25, 0.3) is 5.91 Å². The molecule has 17 heavy (non-hydrogen) atoms. The molecule has 4 nitrogen and oxygen atoms in total. The zero-order valence-electron chi connectivity index (χ0n) is 10.1. The van der Waals surface area contributed by atoms with E-state index in [0.29, 0.717) is 16.3 Å². The second kappa shape index (κ2) is 7.06. The van der Waals surface area contributed by atoms with Crippen molar-refractivity contribution in [1.29, 1.82) is 0 Å². The van der Waals surface area contributed by atoms with E-state index in [2.05, 4.69) is 17.0 Å². The van der Waals surface area contributed by atoms with Crippen LogP contribution in [-0.4, -0.2) is 25.5 Å². The molecule has 1 aromatic rings. The summed E-state index contributed by atoms with van der Waals surface area (Å²) in [5, 5.41) is 2.82. The SMILES string of the molecule is CCCCCNC(=O)c1ccc(C(=O)OC)s1. The van der Waals surface area contributed by atoms with Crippen molar-refractivity contribution >= 4 is 23.2 Å². The molecule has 0 saturated carbocycles. The standard InChI is InChI=1S/C12H17NO3S/c1-3-4-5-8-13-11(14)9-6-7-10(17-9)12(15)16-2/h6-7H,3-5,8H2,1-2H3,(H,13,14). The average molecular weight is 255 g/mol. The van der Waals surface area contributed by atoms with E-state index in [9.17, 15) is 9.59 Å². The number of hydrogen-bond donors (Lipinski definition) is 1. The predicted molar refractivity (Wildman–Crippen MR) is 67.5 cm³/mol. The summed E-state index contributed by atoms with van der Waals surface area (Å²) in [5.74, 6) is -0.527. The second-order valence-corrected chi connectivity index (χ2v) is 4.70. The lowest BCUT2D eigenvalue weighted by Crippen LogP contribution is -2.23. The molecule has 94 valence electrons. The summed E-state index contributed by atoms with van der Waals surface area (Å²) in [5.41, 5.74) is 0. The third kappa shape index (κ3) is 4.19. The summed E-state index contributed by atoms with van der Waals surface area (Å²) >= 11 is 1.15. The Balaban J connectivity index is 2.46. The maximum Gasteiger partial charge on any atom is 0.348 e. The number of amides is 1. The molecule has 1 aromatic heterocycles. The number of esters is 1. The van der Waals surface area contributed by atoms with Crippen molar-refractivity contribution in [2.75, 3.05) is 13.7 Å². The van der Waals surface area contributed by atoms with Crippen molar-refractivity contribution in [3.05, 3.63) is 21.9 Å². The number of ether oxygens (including phenoxy) is 1. The quantitative estimate of drug-likeness (QED) is 0.627. The van der Waals surface area contributed by atoms with Crippen molar-refractivity contribution in [3.8, 4) is 0 Å². The average Bonchev–Trinajstić information content (AvgIpc) is 2.83. The number of methoxy groups -OCH3 is 1. The van der Waals surface area contributed by atoms with E-state index in [4.69, 9.17) is 0 Å². The first-order valence-corrected chi connectivity index (χ1v) is 6.47. The molecule has 0 radical (unpaired) electrons. The highest BCUT2D eigenvalue weighted by atomic mass is 32.1. The molecule has 0 bridgehead atoms. The molecule has 1 amide bonds. The van der Waals surface area contributed by atoms with E-state index in [1.807, 2.05) is 0 Å². The molecule has 1 N–H and O–H groups in total. The normalized spacial score (nSPS) is 10.0. The summed E-state index contributed by atoms with van der Waals surface area (Å²) in [6.45, 7) is 2.79. The monoisotopic (exact) mass is 255 g/mol. The highest BCUT2D eigenvalue weighted by Gasteiger charge is 2.13. The van der Waals surface area contributed by atoms with Crippen LogP contribution in [0.2, 0.25) is 0 Å². The van der Waals surface area contributed by atoms with Crippen LogP contribution < -0.4 is 5.32 Å². The molecule has 0 atom stereocenters. The summed E-state index contributed by atoms with van der Waals surface area (Å²) in [6, 6.07) is 3.25. The van der Waals surface area contributed by atoms with Crippen molar-refractivity contribution in [3.63, 3.8) is 0 Å². The first kappa shape index (κ1) is 13.7. The molecule has 0 aliphatic heterocycles. The van der Waals surface area contributed by atoms with E-state index in [-0.39, 0.29) is 5.91 Å². The van der Waals surface area contributed by atoms with Crippen LogP contribution >= 0.6 is 11.3 Å². The Labute approximate surface area is 105 Å². The van der Waals surface area contributed by atoms with E-state index in [1.54, 1.807) is 12.1 Å². The predicted octanol–water partition coefficient (Wildman–Crippen LogP) is 2.45. The van der Waals surface area contributed by atoms with Gasteiger partial charge in [0.15, 0.2) is 0 Å². The van der Waals surface area contributed by atoms with E-state index >= 15 is 0 Å². The molecular weight excluding hydrogens is 238 g/mol. The van der Waals surface area contributed by atoms with Gasteiger partial charge in [-0.15, -0.1) is 11.3 Å². The molecule has 0 aliphatic rings. The molecular formula is C12H17NO3S. The van der Waals surface area contributed by atoms with Crippen LogP contribution in [-0.2, 0) is 4.74 Å². The van der Waals surface area contributed by atoms with Crippen LogP contribution in [0, 0.1) is 0 Å². The van der Waals surface area contributed by atoms with E-state index in [1.165, 1.54) is 7.11 Å². The van der Waals surface area contributed by atoms with Gasteiger partial charge in [0.05, 0.1) is 12.0 Å². The van der Waals surface area contributed by atoms with Gasteiger partial charge in [-0.1, -0.05) is 19.8 Å². The first-order chi connectivity index (χ1) is 8.19. The van der Waals surface area contributed by atoms with Crippen molar-refractivity contribution in [2.45, 2.75) is 26.2 Å². The van der Waals surface area contributed by atoms with Crippen LogP contribution in [0.4, 0.5) is 0 Å². The van der Waals surface area contributed by atoms with Gasteiger partial charge in [0.2, 0.25) is 0 Å². The van der Waals surface area contributed by atoms with Gasteiger partial charge in [0, 0.05) is 6.54 Å². The number of nitrogens with one attached hydrogen (secondary N) is 1. The Morgan fingerprint density at radius 3 is 2.65 bits per heavy atom. The maximum atomic E-state index is 11.7. The van der Waals surface area contributed by atoms with Crippen LogP contribution in [0.3, 0.4) is 0 Å². The number of carbonyl (C=O) groups excluding carboxylic acids is 2. The third-order valence-electron chi connectivity index (χ3n) is 2.28. The smallest absolute Gasteiger partial charge is 0.348 e. The van der Waals surface area contributed by atoms with Gasteiger partial charge in [-0.2, -0.15) is 0 Å². The number of rotatable bonds is 6. The Morgan fingerprint density at radius 1 is 1.29 bits per heavy atom. The molecule has 0 aromatic carbocycles. The summed E-state index contributed by atoms with van der Waals surface area (Å²) in [4.78, 5) is 23.9. The number of unbranched alkanes of at least 4 members (excludes halogenated alkanes) is 2. The van der Waals surface area contributed by atoms with Crippen LogP contribution in [0.25, 0.3) is 0 Å². The van der Waals surface area contributed by atoms with Gasteiger partial charge in [0.1, 0.15) is 4.88 Å². The fraction of sp³-hybridized carbons (Fsp3) is 0.500. The molecule has 0 fully saturated rings. The van der Waals surface area contributed by atoms with Crippen LogP contribution in [0.5, 0.6) is 0 Å². The van der Waals surface area contributed by atoms with Gasteiger partial charge < -0.3 is 10.1 Å². The number of carbonyl (C=O) groups is 2. The minimum absolute atomic E-state index is 0.124. The Bertz CT molecular complexity index is 387. The van der Waals surface area contributed by atoms with Gasteiger partial charge in [-0.3, -0.25) is 4.79 Å². The first-order valence-electron chi connectivity index (χ1n) is 5.65. The van der Waals surface area contributed by atoms with Crippen molar-refractivity contribution in [2.24, 2.45) is 0 Å². The fourth-order valence-corrected chi connectivity index (χ4v) is 2.17. The lowest BCUT2D eigenvalue weighted by molar-refractivity contribution is 0.0606. The minimum atomic E-state index is -0.403. The minimum Gasteiger partial charge on any atom is -0.465 e. The molecule has 1 heterocycles. The van der Waals surface area contributed by atoms with E-state index < -0.39 is 5.97 Å². The molecule has 5 heteroatoms. The second-order valence-electron chi connectivity index (χ2n) is 3.62. The Kier molecular flexibility index (Phi) is 5.69. The van der Waals surface area contributed by atoms with Gasteiger partial charge >= 0.3 is 5.97 Å². The topological polar surface area (TPSA) is 55.4 Å². The summed E-state index contributed by atoms with van der Waals surface area (Å²) < 4.78 is 4.58. The zero-order valence-corrected chi connectivity index (χ0v) is 10.9. The van der Waals surface area contributed by atoms with Crippen molar-refractivity contribution in [1.82, 2.24) is 5.32 Å². The van der Waals surface area contributed by atoms with Crippen LogP contribution in [0.1, 0.15) is 45.5 Å². The molecule has 0 saturated heterocycles. The van der Waals surface area contributed by atoms with Crippen LogP contribution in [0.15, 0.2) is 12.1 Å². The van der Waals surface area contributed by atoms with Gasteiger partial charge in [-0.25, -0.2) is 4.79 Å². The Hall–Kier alpha value is -1.36. The fourth-order valence-electron chi connectivity index (χ4n) is 1.33. The highest BCUT2D eigenvalue weighted by Crippen LogP contribution is 2.17. The number of thiophene rings is 1. The molecule has 0 spiro atoms. The zero-order chi connectivity index (χ0) is 12.7. The van der Waals surface area contributed by atoms with E-state index in [0.717, 1.165) is 30.6 Å². The Morgan fingerprint density at radius 2 is 2.00 bits per heavy atom. The molecule has 0 aliphatic carbocycles. The third-order valence-corrected chi connectivity index (χ3v) is 3.35. The van der Waals surface area contributed by atoms with Gasteiger partial charge in [-0.05, 0) is 18.6 Å².